The number of fused-ring (bicyclic) bond motifs is 1. The summed E-state index contributed by atoms with van der Waals surface area (Å²) in [4.78, 5) is 8.37. The molecule has 0 amide bonds. The summed E-state index contributed by atoms with van der Waals surface area (Å²) >= 11 is 6.16. The summed E-state index contributed by atoms with van der Waals surface area (Å²) in [5.74, 6) is -0.306. The van der Waals surface area contributed by atoms with Crippen molar-refractivity contribution < 1.29 is 25.8 Å². The van der Waals surface area contributed by atoms with Crippen LogP contribution in [0.25, 0.3) is 22.0 Å². The van der Waals surface area contributed by atoms with E-state index >= 15 is 0 Å². The maximum absolute atomic E-state index is 12.9. The molecule has 1 N–H and O–H groups in total. The molecule has 0 saturated heterocycles. The number of nitrogens with one attached hydrogen (secondary N) is 1. The zero-order valence-electron chi connectivity index (χ0n) is 15.2. The Bertz CT molecular complexity index is 1170. The number of benzene rings is 2. The number of anilines is 1. The van der Waals surface area contributed by atoms with Crippen LogP contribution < -0.4 is 9.50 Å². The average molecular weight is 446 g/mol. The Balaban J connectivity index is 2.23. The number of halogens is 4. The van der Waals surface area contributed by atoms with Gasteiger partial charge in [-0.1, -0.05) is 29.8 Å². The molecule has 2 aromatic carbocycles. The van der Waals surface area contributed by atoms with Gasteiger partial charge in [0.25, 0.3) is 0 Å². The zero-order valence-corrected chi connectivity index (χ0v) is 16.7. The summed E-state index contributed by atoms with van der Waals surface area (Å²) in [5, 5.41) is 3.63. The maximum Gasteiger partial charge on any atom is 0.534 e. The number of rotatable bonds is 5. The van der Waals surface area contributed by atoms with E-state index in [1.165, 1.54) is 24.4 Å². The van der Waals surface area contributed by atoms with E-state index in [0.29, 0.717) is 10.9 Å². The van der Waals surface area contributed by atoms with Crippen molar-refractivity contribution in [1.29, 1.82) is 0 Å². The number of hydrogen-bond donors (Lipinski definition) is 1. The molecule has 1 heterocycles. The van der Waals surface area contributed by atoms with Gasteiger partial charge >= 0.3 is 15.6 Å². The minimum atomic E-state index is -5.89. The van der Waals surface area contributed by atoms with Crippen LogP contribution in [0.1, 0.15) is 13.8 Å². The Labute approximate surface area is 169 Å². The van der Waals surface area contributed by atoms with E-state index in [0.717, 1.165) is 6.07 Å². The van der Waals surface area contributed by atoms with Crippen LogP contribution in [0.5, 0.6) is 5.75 Å². The number of hydrogen-bond acceptors (Lipinski definition) is 6. The fraction of sp³-hybridized carbons (Fsp3) is 0.222. The molecular formula is C18H15ClF3N3O3S. The molecule has 0 unspecified atom stereocenters. The Morgan fingerprint density at radius 1 is 1.14 bits per heavy atom. The van der Waals surface area contributed by atoms with Crippen LogP contribution >= 0.6 is 11.6 Å². The molecule has 154 valence electrons. The van der Waals surface area contributed by atoms with Crippen LogP contribution in [0, 0.1) is 0 Å². The van der Waals surface area contributed by atoms with Gasteiger partial charge in [-0.15, -0.1) is 0 Å². The first-order valence-corrected chi connectivity index (χ1v) is 10.1. The van der Waals surface area contributed by atoms with E-state index in [1.807, 2.05) is 13.8 Å². The molecule has 0 radical (unpaired) electrons. The average Bonchev–Trinajstić information content (AvgIpc) is 2.60. The second-order valence-electron chi connectivity index (χ2n) is 6.36. The van der Waals surface area contributed by atoms with Gasteiger partial charge < -0.3 is 9.50 Å². The fourth-order valence-corrected chi connectivity index (χ4v) is 3.22. The standard InChI is InChI=1S/C18H15ClF3N3O3S/c1-10(2)24-17-23-9-11-7-13(12-5-3-4-6-14(12)19)16(8-15(11)25-17)28-29(26,27)18(20,21)22/h3-10H,1-2H3,(H,23,24,25). The molecule has 0 aliphatic rings. The Morgan fingerprint density at radius 2 is 1.83 bits per heavy atom. The minimum Gasteiger partial charge on any atom is -0.375 e. The van der Waals surface area contributed by atoms with Crippen LogP contribution in [0.3, 0.4) is 0 Å². The van der Waals surface area contributed by atoms with Crippen molar-refractivity contribution in [2.24, 2.45) is 0 Å². The highest BCUT2D eigenvalue weighted by atomic mass is 35.5. The first-order chi connectivity index (χ1) is 13.5. The summed E-state index contributed by atoms with van der Waals surface area (Å²) in [5.41, 5.74) is -5.03. The van der Waals surface area contributed by atoms with Gasteiger partial charge in [-0.25, -0.2) is 9.97 Å². The molecule has 0 bridgehead atoms. The normalized spacial score (nSPS) is 12.4. The largest absolute Gasteiger partial charge is 0.534 e. The van der Waals surface area contributed by atoms with E-state index in [1.54, 1.807) is 12.1 Å². The molecule has 11 heteroatoms. The smallest absolute Gasteiger partial charge is 0.375 e. The number of nitrogens with zero attached hydrogens (tertiary/aromatic N) is 2. The van der Waals surface area contributed by atoms with E-state index < -0.39 is 21.4 Å². The van der Waals surface area contributed by atoms with E-state index in [2.05, 4.69) is 19.5 Å². The second kappa shape index (κ2) is 7.68. The van der Waals surface area contributed by atoms with Gasteiger partial charge in [0, 0.05) is 39.8 Å². The van der Waals surface area contributed by atoms with Gasteiger partial charge in [-0.2, -0.15) is 21.6 Å². The molecular weight excluding hydrogens is 431 g/mol. The summed E-state index contributed by atoms with van der Waals surface area (Å²) in [7, 11) is -5.89. The molecule has 3 aromatic rings. The zero-order chi connectivity index (χ0) is 21.4. The van der Waals surface area contributed by atoms with Gasteiger partial charge in [0.1, 0.15) is 0 Å². The fourth-order valence-electron chi connectivity index (χ4n) is 2.51. The highest BCUT2D eigenvalue weighted by molar-refractivity contribution is 7.88. The third-order valence-corrected chi connectivity index (χ3v) is 5.04. The van der Waals surface area contributed by atoms with Gasteiger partial charge in [-0.3, -0.25) is 0 Å². The molecule has 0 spiro atoms. The third-order valence-electron chi connectivity index (χ3n) is 3.75. The van der Waals surface area contributed by atoms with Crippen molar-refractivity contribution in [2.75, 3.05) is 5.32 Å². The first-order valence-electron chi connectivity index (χ1n) is 8.31. The first kappa shape index (κ1) is 21.1. The van der Waals surface area contributed by atoms with Gasteiger partial charge in [0.15, 0.2) is 5.75 Å². The Kier molecular flexibility index (Phi) is 5.59. The molecule has 0 aliphatic heterocycles. The topological polar surface area (TPSA) is 81.2 Å². The van der Waals surface area contributed by atoms with Crippen LogP contribution in [0.15, 0.2) is 42.6 Å². The predicted molar refractivity (Wildman–Crippen MR) is 104 cm³/mol. The van der Waals surface area contributed by atoms with E-state index in [-0.39, 0.29) is 28.1 Å². The summed E-state index contributed by atoms with van der Waals surface area (Å²) in [6.07, 6.45) is 1.47. The lowest BCUT2D eigenvalue weighted by molar-refractivity contribution is -0.0499. The number of alkyl halides is 3. The summed E-state index contributed by atoms with van der Waals surface area (Å²) < 4.78 is 66.3. The van der Waals surface area contributed by atoms with Crippen molar-refractivity contribution >= 4 is 38.6 Å². The monoisotopic (exact) mass is 445 g/mol. The highest BCUT2D eigenvalue weighted by Gasteiger charge is 2.49. The Morgan fingerprint density at radius 3 is 2.45 bits per heavy atom. The van der Waals surface area contributed by atoms with Crippen molar-refractivity contribution in [1.82, 2.24) is 9.97 Å². The lowest BCUT2D eigenvalue weighted by Gasteiger charge is -2.15. The van der Waals surface area contributed by atoms with Crippen molar-refractivity contribution in [3.63, 3.8) is 0 Å². The van der Waals surface area contributed by atoms with Gasteiger partial charge in [0.05, 0.1) is 5.52 Å². The van der Waals surface area contributed by atoms with Crippen LogP contribution in [0.2, 0.25) is 5.02 Å². The van der Waals surface area contributed by atoms with Crippen molar-refractivity contribution in [2.45, 2.75) is 25.4 Å². The summed E-state index contributed by atoms with van der Waals surface area (Å²) in [6.45, 7) is 3.72. The van der Waals surface area contributed by atoms with E-state index in [9.17, 15) is 21.6 Å². The van der Waals surface area contributed by atoms with Crippen LogP contribution in [-0.2, 0) is 10.1 Å². The van der Waals surface area contributed by atoms with Crippen molar-refractivity contribution in [3.8, 4) is 16.9 Å². The lowest BCUT2D eigenvalue weighted by Crippen LogP contribution is -2.28. The van der Waals surface area contributed by atoms with Gasteiger partial charge in [0.2, 0.25) is 5.95 Å². The third kappa shape index (κ3) is 4.54. The SMILES string of the molecule is CC(C)Nc1ncc2cc(-c3ccccc3Cl)c(OS(=O)(=O)C(F)(F)F)cc2n1. The second-order valence-corrected chi connectivity index (χ2v) is 8.31. The lowest BCUT2D eigenvalue weighted by atomic mass is 10.0. The molecule has 0 fully saturated rings. The van der Waals surface area contributed by atoms with Crippen LogP contribution in [0.4, 0.5) is 19.1 Å². The minimum absolute atomic E-state index is 0.0103. The quantitative estimate of drug-likeness (QED) is 0.439. The molecule has 0 aliphatic carbocycles. The molecule has 29 heavy (non-hydrogen) atoms. The van der Waals surface area contributed by atoms with Crippen molar-refractivity contribution in [3.05, 3.63) is 47.6 Å². The van der Waals surface area contributed by atoms with Crippen LogP contribution in [-0.4, -0.2) is 29.9 Å². The molecule has 3 rings (SSSR count). The molecule has 0 saturated carbocycles. The highest BCUT2D eigenvalue weighted by Crippen LogP contribution is 2.39. The summed E-state index contributed by atoms with van der Waals surface area (Å²) in [6, 6.07) is 8.85. The predicted octanol–water partition coefficient (Wildman–Crippen LogP) is 5.00. The Hall–Kier alpha value is -2.59. The van der Waals surface area contributed by atoms with E-state index in [4.69, 9.17) is 11.6 Å². The van der Waals surface area contributed by atoms with Gasteiger partial charge in [-0.05, 0) is 26.0 Å². The maximum atomic E-state index is 12.9. The molecule has 6 nitrogen and oxygen atoms in total. The molecule has 0 atom stereocenters. The molecule has 1 aromatic heterocycles. The number of aromatic nitrogens is 2.